The summed E-state index contributed by atoms with van der Waals surface area (Å²) in [4.78, 5) is 22.0. The molecular formula is C11H11F2NO3. The highest BCUT2D eigenvalue weighted by Crippen LogP contribution is 2.08. The summed E-state index contributed by atoms with van der Waals surface area (Å²) in [6.07, 6.45) is 0. The van der Waals surface area contributed by atoms with Gasteiger partial charge in [-0.1, -0.05) is 6.07 Å². The Kier molecular flexibility index (Phi) is 4.56. The minimum absolute atomic E-state index is 0.0805. The lowest BCUT2D eigenvalue weighted by Crippen LogP contribution is -2.32. The van der Waals surface area contributed by atoms with Gasteiger partial charge in [-0.25, -0.2) is 13.6 Å². The first kappa shape index (κ1) is 13.1. The maximum Gasteiger partial charge on any atom is 0.396 e. The number of nitrogens with one attached hydrogen (secondary N) is 1. The van der Waals surface area contributed by atoms with Crippen LogP contribution in [0.15, 0.2) is 18.2 Å². The number of halogens is 2. The first-order chi connectivity index (χ1) is 8.04. The molecule has 0 atom stereocenters. The number of carbonyl (C=O) groups is 2. The molecule has 0 spiro atoms. The zero-order valence-electron chi connectivity index (χ0n) is 9.13. The van der Waals surface area contributed by atoms with E-state index in [1.807, 2.05) is 0 Å². The van der Waals surface area contributed by atoms with Crippen LogP contribution >= 0.6 is 0 Å². The minimum Gasteiger partial charge on any atom is -0.459 e. The standard InChI is InChI=1S/C11H11F2NO3/c1-2-17-11(16)10(15)14-6-7-3-4-8(12)5-9(7)13/h3-5H,2,6H2,1H3,(H,14,15). The van der Waals surface area contributed by atoms with Crippen molar-refractivity contribution in [3.05, 3.63) is 35.4 Å². The average molecular weight is 243 g/mol. The zero-order valence-corrected chi connectivity index (χ0v) is 9.13. The fraction of sp³-hybridized carbons (Fsp3) is 0.273. The lowest BCUT2D eigenvalue weighted by Gasteiger charge is -2.05. The molecule has 6 heteroatoms. The minimum atomic E-state index is -1.03. The summed E-state index contributed by atoms with van der Waals surface area (Å²) in [5.74, 6) is -3.48. The molecule has 17 heavy (non-hydrogen) atoms. The number of hydrogen-bond donors (Lipinski definition) is 1. The largest absolute Gasteiger partial charge is 0.459 e. The zero-order chi connectivity index (χ0) is 12.8. The van der Waals surface area contributed by atoms with Crippen LogP contribution < -0.4 is 5.32 Å². The highest BCUT2D eigenvalue weighted by Gasteiger charge is 2.14. The maximum atomic E-state index is 13.1. The van der Waals surface area contributed by atoms with Crippen molar-refractivity contribution in [1.82, 2.24) is 5.32 Å². The second kappa shape index (κ2) is 5.93. The normalized spacial score (nSPS) is 9.82. The van der Waals surface area contributed by atoms with E-state index in [2.05, 4.69) is 10.1 Å². The first-order valence-corrected chi connectivity index (χ1v) is 4.93. The van der Waals surface area contributed by atoms with Crippen LogP contribution in [0.2, 0.25) is 0 Å². The molecule has 1 aromatic rings. The van der Waals surface area contributed by atoms with Crippen molar-refractivity contribution in [2.45, 2.75) is 13.5 Å². The topological polar surface area (TPSA) is 55.4 Å². The summed E-state index contributed by atoms with van der Waals surface area (Å²) < 4.78 is 30.2. The van der Waals surface area contributed by atoms with Gasteiger partial charge in [0.1, 0.15) is 11.6 Å². The smallest absolute Gasteiger partial charge is 0.396 e. The van der Waals surface area contributed by atoms with Crippen LogP contribution in [-0.4, -0.2) is 18.5 Å². The Hall–Kier alpha value is -1.98. The fourth-order valence-corrected chi connectivity index (χ4v) is 1.11. The molecule has 92 valence electrons. The van der Waals surface area contributed by atoms with E-state index in [0.29, 0.717) is 6.07 Å². The summed E-state index contributed by atoms with van der Waals surface area (Å²) >= 11 is 0. The maximum absolute atomic E-state index is 13.1. The molecule has 0 saturated heterocycles. The third-order valence-corrected chi connectivity index (χ3v) is 1.92. The molecule has 0 heterocycles. The molecule has 0 bridgehead atoms. The molecule has 0 aliphatic carbocycles. The molecule has 0 aromatic heterocycles. The van der Waals surface area contributed by atoms with Crippen molar-refractivity contribution in [3.63, 3.8) is 0 Å². The number of hydrogen-bond acceptors (Lipinski definition) is 3. The third kappa shape index (κ3) is 3.82. The van der Waals surface area contributed by atoms with Crippen LogP contribution in [0.4, 0.5) is 8.78 Å². The molecule has 4 nitrogen and oxygen atoms in total. The van der Waals surface area contributed by atoms with Crippen LogP contribution in [0.3, 0.4) is 0 Å². The van der Waals surface area contributed by atoms with E-state index >= 15 is 0 Å². The van der Waals surface area contributed by atoms with Crippen molar-refractivity contribution in [2.75, 3.05) is 6.61 Å². The molecule has 0 aliphatic heterocycles. The van der Waals surface area contributed by atoms with E-state index in [0.717, 1.165) is 6.07 Å². The molecule has 1 aromatic carbocycles. The number of ether oxygens (including phenoxy) is 1. The summed E-state index contributed by atoms with van der Waals surface area (Å²) in [7, 11) is 0. The van der Waals surface area contributed by atoms with Gasteiger partial charge in [0.05, 0.1) is 6.61 Å². The number of rotatable bonds is 3. The fourth-order valence-electron chi connectivity index (χ4n) is 1.11. The van der Waals surface area contributed by atoms with E-state index in [-0.39, 0.29) is 18.7 Å². The van der Waals surface area contributed by atoms with Crippen LogP contribution in [0.1, 0.15) is 12.5 Å². The molecule has 1 amide bonds. The van der Waals surface area contributed by atoms with Crippen LogP contribution in [0.5, 0.6) is 0 Å². The predicted octanol–water partition coefficient (Wildman–Crippen LogP) is 1.14. The van der Waals surface area contributed by atoms with Gasteiger partial charge in [0.2, 0.25) is 0 Å². The van der Waals surface area contributed by atoms with Crippen molar-refractivity contribution >= 4 is 11.9 Å². The number of carbonyl (C=O) groups excluding carboxylic acids is 2. The Bertz CT molecular complexity index is 435. The molecular weight excluding hydrogens is 232 g/mol. The van der Waals surface area contributed by atoms with Gasteiger partial charge in [-0.2, -0.15) is 0 Å². The molecule has 0 fully saturated rings. The van der Waals surface area contributed by atoms with Gasteiger partial charge in [0.15, 0.2) is 0 Å². The first-order valence-electron chi connectivity index (χ1n) is 4.93. The van der Waals surface area contributed by atoms with Gasteiger partial charge in [-0.05, 0) is 13.0 Å². The predicted molar refractivity (Wildman–Crippen MR) is 54.8 cm³/mol. The summed E-state index contributed by atoms with van der Waals surface area (Å²) in [6.45, 7) is 1.44. The second-order valence-corrected chi connectivity index (χ2v) is 3.14. The Labute approximate surface area is 96.6 Å². The molecule has 1 N–H and O–H groups in total. The van der Waals surface area contributed by atoms with Gasteiger partial charge in [-0.15, -0.1) is 0 Å². The SMILES string of the molecule is CCOC(=O)C(=O)NCc1ccc(F)cc1F. The molecule has 0 unspecified atom stereocenters. The van der Waals surface area contributed by atoms with Crippen LogP contribution in [-0.2, 0) is 20.9 Å². The van der Waals surface area contributed by atoms with Gasteiger partial charge < -0.3 is 10.1 Å². The van der Waals surface area contributed by atoms with Crippen molar-refractivity contribution in [2.24, 2.45) is 0 Å². The Morgan fingerprint density at radius 1 is 1.35 bits per heavy atom. The molecule has 0 saturated carbocycles. The highest BCUT2D eigenvalue weighted by atomic mass is 19.1. The summed E-state index contributed by atoms with van der Waals surface area (Å²) in [5, 5.41) is 2.17. The van der Waals surface area contributed by atoms with Crippen LogP contribution in [0, 0.1) is 11.6 Å². The lowest BCUT2D eigenvalue weighted by atomic mass is 10.2. The van der Waals surface area contributed by atoms with Crippen molar-refractivity contribution in [1.29, 1.82) is 0 Å². The van der Waals surface area contributed by atoms with Crippen molar-refractivity contribution in [3.8, 4) is 0 Å². The Morgan fingerprint density at radius 2 is 2.06 bits per heavy atom. The Balaban J connectivity index is 2.56. The van der Waals surface area contributed by atoms with E-state index in [1.54, 1.807) is 6.92 Å². The van der Waals surface area contributed by atoms with Gasteiger partial charge in [0.25, 0.3) is 0 Å². The van der Waals surface area contributed by atoms with Gasteiger partial charge in [0, 0.05) is 18.2 Å². The quantitative estimate of drug-likeness (QED) is 0.640. The van der Waals surface area contributed by atoms with E-state index in [1.165, 1.54) is 6.07 Å². The average Bonchev–Trinajstić information content (AvgIpc) is 2.27. The number of esters is 1. The van der Waals surface area contributed by atoms with Gasteiger partial charge >= 0.3 is 11.9 Å². The van der Waals surface area contributed by atoms with Crippen molar-refractivity contribution < 1.29 is 23.1 Å². The van der Waals surface area contributed by atoms with E-state index in [4.69, 9.17) is 0 Å². The Morgan fingerprint density at radius 3 is 2.65 bits per heavy atom. The third-order valence-electron chi connectivity index (χ3n) is 1.92. The number of amides is 1. The monoisotopic (exact) mass is 243 g/mol. The van der Waals surface area contributed by atoms with Gasteiger partial charge in [-0.3, -0.25) is 4.79 Å². The highest BCUT2D eigenvalue weighted by molar-refractivity contribution is 6.32. The van der Waals surface area contributed by atoms with E-state index in [9.17, 15) is 18.4 Å². The van der Waals surface area contributed by atoms with E-state index < -0.39 is 23.5 Å². The summed E-state index contributed by atoms with van der Waals surface area (Å²) in [6, 6.07) is 2.96. The molecule has 0 radical (unpaired) electrons. The van der Waals surface area contributed by atoms with Crippen LogP contribution in [0.25, 0.3) is 0 Å². The lowest BCUT2D eigenvalue weighted by molar-refractivity contribution is -0.154. The summed E-state index contributed by atoms with van der Waals surface area (Å²) in [5.41, 5.74) is 0.0871. The number of benzene rings is 1. The molecule has 1 rings (SSSR count). The molecule has 0 aliphatic rings. The second-order valence-electron chi connectivity index (χ2n) is 3.14.